The minimum Gasteiger partial charge on any atom is -0.328 e. The summed E-state index contributed by atoms with van der Waals surface area (Å²) in [6, 6.07) is 0.513. The molecule has 0 bridgehead atoms. The van der Waals surface area contributed by atoms with Gasteiger partial charge in [0, 0.05) is 6.04 Å². The van der Waals surface area contributed by atoms with Gasteiger partial charge >= 0.3 is 0 Å². The molecule has 0 heterocycles. The molecule has 0 spiro atoms. The van der Waals surface area contributed by atoms with Gasteiger partial charge in [0.15, 0.2) is 0 Å². The molecule has 0 aromatic heterocycles. The van der Waals surface area contributed by atoms with Gasteiger partial charge in [-0.05, 0) is 43.4 Å². The summed E-state index contributed by atoms with van der Waals surface area (Å²) in [7, 11) is 0. The molecule has 15 heavy (non-hydrogen) atoms. The molecule has 2 fully saturated rings. The molecule has 1 heteroatoms. The fourth-order valence-corrected chi connectivity index (χ4v) is 3.86. The lowest BCUT2D eigenvalue weighted by Gasteiger charge is -2.35. The molecule has 0 amide bonds. The van der Waals surface area contributed by atoms with Crippen LogP contribution in [0, 0.1) is 17.8 Å². The van der Waals surface area contributed by atoms with Gasteiger partial charge in [0.1, 0.15) is 0 Å². The maximum atomic E-state index is 6.12. The largest absolute Gasteiger partial charge is 0.328 e. The summed E-state index contributed by atoms with van der Waals surface area (Å²) < 4.78 is 0. The van der Waals surface area contributed by atoms with Gasteiger partial charge in [0.05, 0.1) is 0 Å². The summed E-state index contributed by atoms with van der Waals surface area (Å²) in [5, 5.41) is 0. The van der Waals surface area contributed by atoms with E-state index in [2.05, 4.69) is 6.92 Å². The van der Waals surface area contributed by atoms with Gasteiger partial charge in [0.2, 0.25) is 0 Å². The SMILES string of the molecule is CCC1CCC(N)CC1CC1CCCC1. The van der Waals surface area contributed by atoms with E-state index in [4.69, 9.17) is 5.73 Å². The molecule has 1 nitrogen and oxygen atoms in total. The molecule has 2 saturated carbocycles. The third-order valence-electron chi connectivity index (χ3n) is 4.82. The van der Waals surface area contributed by atoms with Crippen LogP contribution in [-0.2, 0) is 0 Å². The lowest BCUT2D eigenvalue weighted by molar-refractivity contribution is 0.175. The zero-order valence-corrected chi connectivity index (χ0v) is 10.3. The maximum absolute atomic E-state index is 6.12. The second-order valence-electron chi connectivity index (χ2n) is 5.89. The van der Waals surface area contributed by atoms with Crippen LogP contribution in [-0.4, -0.2) is 6.04 Å². The molecule has 2 aliphatic rings. The van der Waals surface area contributed by atoms with E-state index in [-0.39, 0.29) is 0 Å². The van der Waals surface area contributed by atoms with Gasteiger partial charge in [-0.2, -0.15) is 0 Å². The van der Waals surface area contributed by atoms with Gasteiger partial charge in [-0.15, -0.1) is 0 Å². The van der Waals surface area contributed by atoms with E-state index in [0.717, 1.165) is 17.8 Å². The summed E-state index contributed by atoms with van der Waals surface area (Å²) in [4.78, 5) is 0. The van der Waals surface area contributed by atoms with E-state index in [1.54, 1.807) is 0 Å². The van der Waals surface area contributed by atoms with Gasteiger partial charge in [0.25, 0.3) is 0 Å². The monoisotopic (exact) mass is 209 g/mol. The van der Waals surface area contributed by atoms with Gasteiger partial charge in [-0.1, -0.05) is 39.0 Å². The van der Waals surface area contributed by atoms with Gasteiger partial charge < -0.3 is 5.73 Å². The van der Waals surface area contributed by atoms with Crippen LogP contribution >= 0.6 is 0 Å². The lowest BCUT2D eigenvalue weighted by atomic mass is 9.72. The molecule has 3 unspecified atom stereocenters. The Morgan fingerprint density at radius 2 is 1.73 bits per heavy atom. The van der Waals surface area contributed by atoms with Crippen molar-refractivity contribution < 1.29 is 0 Å². The molecular formula is C14H27N. The van der Waals surface area contributed by atoms with Crippen molar-refractivity contribution in [3.8, 4) is 0 Å². The molecule has 0 aromatic rings. The molecule has 3 atom stereocenters. The predicted octanol–water partition coefficient (Wildman–Crippen LogP) is 3.72. The number of hydrogen-bond acceptors (Lipinski definition) is 1. The van der Waals surface area contributed by atoms with Crippen LogP contribution in [0.5, 0.6) is 0 Å². The third kappa shape index (κ3) is 2.96. The first kappa shape index (κ1) is 11.4. The van der Waals surface area contributed by atoms with Crippen molar-refractivity contribution in [2.75, 3.05) is 0 Å². The minimum absolute atomic E-state index is 0.513. The Bertz CT molecular complexity index is 184. The van der Waals surface area contributed by atoms with Crippen molar-refractivity contribution in [1.29, 1.82) is 0 Å². The minimum atomic E-state index is 0.513. The van der Waals surface area contributed by atoms with Crippen LogP contribution in [0.15, 0.2) is 0 Å². The predicted molar refractivity (Wildman–Crippen MR) is 65.7 cm³/mol. The number of rotatable bonds is 3. The van der Waals surface area contributed by atoms with Crippen molar-refractivity contribution >= 4 is 0 Å². The first-order valence-corrected chi connectivity index (χ1v) is 7.05. The summed E-state index contributed by atoms with van der Waals surface area (Å²) in [5.74, 6) is 3.00. The van der Waals surface area contributed by atoms with Crippen molar-refractivity contribution in [2.45, 2.75) is 70.8 Å². The average Bonchev–Trinajstić information content (AvgIpc) is 2.71. The van der Waals surface area contributed by atoms with Crippen LogP contribution in [0.3, 0.4) is 0 Å². The fraction of sp³-hybridized carbons (Fsp3) is 1.00. The highest BCUT2D eigenvalue weighted by Crippen LogP contribution is 2.39. The zero-order chi connectivity index (χ0) is 10.7. The molecule has 0 radical (unpaired) electrons. The third-order valence-corrected chi connectivity index (χ3v) is 4.82. The standard InChI is InChI=1S/C14H27N/c1-2-12-7-8-14(15)10-13(12)9-11-5-3-4-6-11/h11-14H,2-10,15H2,1H3. The molecule has 2 aliphatic carbocycles. The van der Waals surface area contributed by atoms with E-state index >= 15 is 0 Å². The summed E-state index contributed by atoms with van der Waals surface area (Å²) in [5.41, 5.74) is 6.12. The van der Waals surface area contributed by atoms with Crippen LogP contribution in [0.4, 0.5) is 0 Å². The Morgan fingerprint density at radius 1 is 1.00 bits per heavy atom. The van der Waals surface area contributed by atoms with Crippen LogP contribution in [0.2, 0.25) is 0 Å². The molecule has 88 valence electrons. The highest BCUT2D eigenvalue weighted by atomic mass is 14.6. The normalized spacial score (nSPS) is 38.4. The van der Waals surface area contributed by atoms with E-state index in [1.807, 2.05) is 0 Å². The van der Waals surface area contributed by atoms with Crippen molar-refractivity contribution in [1.82, 2.24) is 0 Å². The highest BCUT2D eigenvalue weighted by molar-refractivity contribution is 4.83. The van der Waals surface area contributed by atoms with Crippen molar-refractivity contribution in [3.63, 3.8) is 0 Å². The smallest absolute Gasteiger partial charge is 0.00416 e. The van der Waals surface area contributed by atoms with Crippen LogP contribution in [0.1, 0.15) is 64.7 Å². The van der Waals surface area contributed by atoms with Gasteiger partial charge in [-0.3, -0.25) is 0 Å². The zero-order valence-electron chi connectivity index (χ0n) is 10.3. The Hall–Kier alpha value is -0.0400. The number of nitrogens with two attached hydrogens (primary N) is 1. The Morgan fingerprint density at radius 3 is 2.40 bits per heavy atom. The van der Waals surface area contributed by atoms with Crippen LogP contribution < -0.4 is 5.73 Å². The van der Waals surface area contributed by atoms with Crippen LogP contribution in [0.25, 0.3) is 0 Å². The molecule has 2 N–H and O–H groups in total. The molecular weight excluding hydrogens is 182 g/mol. The Labute approximate surface area is 94.8 Å². The Balaban J connectivity index is 1.85. The quantitative estimate of drug-likeness (QED) is 0.753. The molecule has 2 rings (SSSR count). The molecule has 0 saturated heterocycles. The first-order valence-electron chi connectivity index (χ1n) is 7.05. The average molecular weight is 209 g/mol. The summed E-state index contributed by atoms with van der Waals surface area (Å²) in [6.45, 7) is 2.36. The lowest BCUT2D eigenvalue weighted by Crippen LogP contribution is -2.34. The fourth-order valence-electron chi connectivity index (χ4n) is 3.86. The highest BCUT2D eigenvalue weighted by Gasteiger charge is 2.30. The van der Waals surface area contributed by atoms with E-state index in [0.29, 0.717) is 6.04 Å². The molecule has 0 aromatic carbocycles. The van der Waals surface area contributed by atoms with Crippen molar-refractivity contribution in [3.05, 3.63) is 0 Å². The number of hydrogen-bond donors (Lipinski definition) is 1. The second-order valence-corrected chi connectivity index (χ2v) is 5.89. The van der Waals surface area contributed by atoms with Gasteiger partial charge in [-0.25, -0.2) is 0 Å². The summed E-state index contributed by atoms with van der Waals surface area (Å²) in [6.07, 6.45) is 12.8. The molecule has 0 aliphatic heterocycles. The van der Waals surface area contributed by atoms with Crippen molar-refractivity contribution in [2.24, 2.45) is 23.5 Å². The summed E-state index contributed by atoms with van der Waals surface area (Å²) >= 11 is 0. The second kappa shape index (κ2) is 5.34. The maximum Gasteiger partial charge on any atom is 0.00416 e. The van der Waals surface area contributed by atoms with E-state index in [9.17, 15) is 0 Å². The van der Waals surface area contributed by atoms with E-state index < -0.39 is 0 Å². The first-order chi connectivity index (χ1) is 7.29. The Kier molecular flexibility index (Phi) is 4.07. The van der Waals surface area contributed by atoms with E-state index in [1.165, 1.54) is 57.8 Å². The topological polar surface area (TPSA) is 26.0 Å².